The molecule has 2 nitrogen and oxygen atoms in total. The van der Waals surface area contributed by atoms with Crippen molar-refractivity contribution in [3.8, 4) is 0 Å². The van der Waals surface area contributed by atoms with Crippen LogP contribution in [0, 0.1) is 12.8 Å². The van der Waals surface area contributed by atoms with Crippen LogP contribution in [0.2, 0.25) is 0 Å². The number of nitrogens with zero attached hydrogens (tertiary/aromatic N) is 1. The van der Waals surface area contributed by atoms with Crippen LogP contribution in [-0.2, 0) is 0 Å². The summed E-state index contributed by atoms with van der Waals surface area (Å²) in [6, 6.07) is 3.91. The lowest BCUT2D eigenvalue weighted by Crippen LogP contribution is -2.06. The van der Waals surface area contributed by atoms with Crippen molar-refractivity contribution in [1.29, 1.82) is 0 Å². The Morgan fingerprint density at radius 3 is 2.67 bits per heavy atom. The minimum absolute atomic E-state index is 0.410. The highest BCUT2D eigenvalue weighted by Gasteiger charge is 2.12. The van der Waals surface area contributed by atoms with Crippen molar-refractivity contribution < 1.29 is 5.11 Å². The summed E-state index contributed by atoms with van der Waals surface area (Å²) in [6.07, 6.45) is 4.55. The molecule has 15 heavy (non-hydrogen) atoms. The van der Waals surface area contributed by atoms with Gasteiger partial charge in [-0.05, 0) is 30.9 Å². The Morgan fingerprint density at radius 2 is 2.13 bits per heavy atom. The molecule has 0 fully saturated rings. The molecule has 0 aromatic carbocycles. The van der Waals surface area contributed by atoms with Gasteiger partial charge < -0.3 is 5.11 Å². The van der Waals surface area contributed by atoms with Crippen molar-refractivity contribution in [3.63, 3.8) is 0 Å². The lowest BCUT2D eigenvalue weighted by molar-refractivity contribution is 0.141. The third kappa shape index (κ3) is 4.00. The van der Waals surface area contributed by atoms with E-state index in [9.17, 15) is 5.11 Å². The molecule has 2 atom stereocenters. The molecule has 0 saturated heterocycles. The van der Waals surface area contributed by atoms with E-state index in [2.05, 4.69) is 18.8 Å². The Labute approximate surface area is 92.4 Å². The molecule has 0 aliphatic heterocycles. The zero-order valence-electron chi connectivity index (χ0n) is 9.90. The molecule has 0 aliphatic rings. The summed E-state index contributed by atoms with van der Waals surface area (Å²) in [5.74, 6) is 0.563. The monoisotopic (exact) mass is 207 g/mol. The molecule has 0 spiro atoms. The number of aromatic nitrogens is 1. The zero-order valence-corrected chi connectivity index (χ0v) is 9.90. The van der Waals surface area contributed by atoms with Crippen LogP contribution in [0.15, 0.2) is 18.3 Å². The van der Waals surface area contributed by atoms with Crippen molar-refractivity contribution in [2.75, 3.05) is 0 Å². The molecule has 1 aromatic heterocycles. The van der Waals surface area contributed by atoms with Gasteiger partial charge in [0.15, 0.2) is 0 Å². The number of aliphatic hydroxyl groups is 1. The van der Waals surface area contributed by atoms with Gasteiger partial charge in [0.1, 0.15) is 0 Å². The molecule has 0 aliphatic carbocycles. The minimum atomic E-state index is -0.410. The fourth-order valence-electron chi connectivity index (χ4n) is 1.79. The van der Waals surface area contributed by atoms with Gasteiger partial charge in [-0.25, -0.2) is 0 Å². The van der Waals surface area contributed by atoms with Crippen LogP contribution in [0.5, 0.6) is 0 Å². The van der Waals surface area contributed by atoms with E-state index in [1.165, 1.54) is 12.8 Å². The van der Waals surface area contributed by atoms with E-state index in [0.29, 0.717) is 5.92 Å². The summed E-state index contributed by atoms with van der Waals surface area (Å²) in [4.78, 5) is 4.24. The summed E-state index contributed by atoms with van der Waals surface area (Å²) < 4.78 is 0. The van der Waals surface area contributed by atoms with Crippen LogP contribution in [0.3, 0.4) is 0 Å². The minimum Gasteiger partial charge on any atom is -0.387 e. The molecule has 1 heterocycles. The van der Waals surface area contributed by atoms with Crippen molar-refractivity contribution in [2.24, 2.45) is 5.92 Å². The Kier molecular flexibility index (Phi) is 4.76. The summed E-state index contributed by atoms with van der Waals surface area (Å²) >= 11 is 0. The van der Waals surface area contributed by atoms with Crippen LogP contribution in [0.25, 0.3) is 0 Å². The van der Waals surface area contributed by atoms with Crippen molar-refractivity contribution in [2.45, 2.75) is 46.1 Å². The first-order chi connectivity index (χ1) is 7.13. The molecule has 2 heteroatoms. The van der Waals surface area contributed by atoms with Gasteiger partial charge in [0.25, 0.3) is 0 Å². The zero-order chi connectivity index (χ0) is 11.3. The van der Waals surface area contributed by atoms with Gasteiger partial charge in [-0.15, -0.1) is 0 Å². The van der Waals surface area contributed by atoms with Gasteiger partial charge in [-0.3, -0.25) is 4.98 Å². The van der Waals surface area contributed by atoms with E-state index in [1.807, 2.05) is 25.3 Å². The predicted octanol–water partition coefficient (Wildman–Crippen LogP) is 3.25. The van der Waals surface area contributed by atoms with Gasteiger partial charge in [-0.2, -0.15) is 0 Å². The maximum atomic E-state index is 9.95. The average molecular weight is 207 g/mol. The molecule has 2 unspecified atom stereocenters. The van der Waals surface area contributed by atoms with E-state index in [-0.39, 0.29) is 0 Å². The largest absolute Gasteiger partial charge is 0.387 e. The number of aryl methyl sites for hydroxylation is 1. The average Bonchev–Trinajstić information content (AvgIpc) is 2.18. The van der Waals surface area contributed by atoms with Gasteiger partial charge >= 0.3 is 0 Å². The molecule has 1 rings (SSSR count). The van der Waals surface area contributed by atoms with Gasteiger partial charge in [0.2, 0.25) is 0 Å². The number of hydrogen-bond acceptors (Lipinski definition) is 2. The predicted molar refractivity (Wildman–Crippen MR) is 62.6 cm³/mol. The van der Waals surface area contributed by atoms with E-state index >= 15 is 0 Å². The second kappa shape index (κ2) is 5.86. The summed E-state index contributed by atoms with van der Waals surface area (Å²) in [5.41, 5.74) is 1.93. The second-order valence-electron chi connectivity index (χ2n) is 4.41. The van der Waals surface area contributed by atoms with Crippen molar-refractivity contribution in [3.05, 3.63) is 29.6 Å². The highest BCUT2D eigenvalue weighted by atomic mass is 16.3. The smallest absolute Gasteiger partial charge is 0.0962 e. The van der Waals surface area contributed by atoms with E-state index in [4.69, 9.17) is 0 Å². The maximum Gasteiger partial charge on any atom is 0.0962 e. The van der Waals surface area contributed by atoms with Gasteiger partial charge in [0, 0.05) is 6.20 Å². The third-order valence-electron chi connectivity index (χ3n) is 2.68. The van der Waals surface area contributed by atoms with Gasteiger partial charge in [0.05, 0.1) is 11.8 Å². The SMILES string of the molecule is CCCC(C)CC(O)c1ccc(C)cn1. The highest BCUT2D eigenvalue weighted by molar-refractivity contribution is 5.13. The molecule has 0 bridgehead atoms. The Hall–Kier alpha value is -0.890. The fraction of sp³-hybridized carbons (Fsp3) is 0.615. The van der Waals surface area contributed by atoms with Gasteiger partial charge in [-0.1, -0.05) is 32.8 Å². The molecular weight excluding hydrogens is 186 g/mol. The fourth-order valence-corrected chi connectivity index (χ4v) is 1.79. The third-order valence-corrected chi connectivity index (χ3v) is 2.68. The normalized spacial score (nSPS) is 14.9. The lowest BCUT2D eigenvalue weighted by Gasteiger charge is -2.15. The molecule has 84 valence electrons. The number of pyridine rings is 1. The molecule has 1 aromatic rings. The van der Waals surface area contributed by atoms with E-state index in [0.717, 1.165) is 17.7 Å². The standard InChI is InChI=1S/C13H21NO/c1-4-5-10(2)8-13(15)12-7-6-11(3)9-14-12/h6-7,9-10,13,15H,4-5,8H2,1-3H3. The first-order valence-corrected chi connectivity index (χ1v) is 5.74. The molecular formula is C13H21NO. The van der Waals surface area contributed by atoms with E-state index < -0.39 is 6.10 Å². The highest BCUT2D eigenvalue weighted by Crippen LogP contribution is 2.22. The molecule has 0 saturated carbocycles. The number of aliphatic hydroxyl groups excluding tert-OH is 1. The van der Waals surface area contributed by atoms with Crippen molar-refractivity contribution >= 4 is 0 Å². The quantitative estimate of drug-likeness (QED) is 0.804. The van der Waals surface area contributed by atoms with Crippen LogP contribution in [0.1, 0.15) is 50.5 Å². The first-order valence-electron chi connectivity index (χ1n) is 5.74. The van der Waals surface area contributed by atoms with Crippen LogP contribution in [-0.4, -0.2) is 10.1 Å². The lowest BCUT2D eigenvalue weighted by atomic mass is 9.97. The Balaban J connectivity index is 2.53. The van der Waals surface area contributed by atoms with E-state index in [1.54, 1.807) is 0 Å². The second-order valence-corrected chi connectivity index (χ2v) is 4.41. The topological polar surface area (TPSA) is 33.1 Å². The molecule has 0 amide bonds. The maximum absolute atomic E-state index is 9.95. The molecule has 0 radical (unpaired) electrons. The van der Waals surface area contributed by atoms with Crippen LogP contribution in [0.4, 0.5) is 0 Å². The Bertz CT molecular complexity index is 281. The van der Waals surface area contributed by atoms with Crippen LogP contribution >= 0.6 is 0 Å². The van der Waals surface area contributed by atoms with Crippen molar-refractivity contribution in [1.82, 2.24) is 4.98 Å². The number of rotatable bonds is 5. The number of hydrogen-bond donors (Lipinski definition) is 1. The summed E-state index contributed by atoms with van der Waals surface area (Å²) in [7, 11) is 0. The summed E-state index contributed by atoms with van der Waals surface area (Å²) in [5, 5.41) is 9.95. The summed E-state index contributed by atoms with van der Waals surface area (Å²) in [6.45, 7) is 6.36. The van der Waals surface area contributed by atoms with Crippen LogP contribution < -0.4 is 0 Å². The Morgan fingerprint density at radius 1 is 1.40 bits per heavy atom. The molecule has 1 N–H and O–H groups in total. The first kappa shape index (κ1) is 12.2.